The largest absolute Gasteiger partial charge is 0.478 e. The molecule has 2 rings (SSSR count). The van der Waals surface area contributed by atoms with Crippen LogP contribution in [0, 0.1) is 0 Å². The first-order valence-electron chi connectivity index (χ1n) is 6.86. The highest BCUT2D eigenvalue weighted by Gasteiger charge is 2.37. The van der Waals surface area contributed by atoms with E-state index in [-0.39, 0.29) is 28.1 Å². The van der Waals surface area contributed by atoms with Crippen molar-refractivity contribution in [3.05, 3.63) is 57.9 Å². The minimum absolute atomic E-state index is 0.165. The lowest BCUT2D eigenvalue weighted by Crippen LogP contribution is -2.31. The van der Waals surface area contributed by atoms with Gasteiger partial charge in [0.25, 0.3) is 0 Å². The van der Waals surface area contributed by atoms with Crippen LogP contribution in [0.5, 0.6) is 0 Å². The van der Waals surface area contributed by atoms with E-state index < -0.39 is 29.6 Å². The molecule has 1 aromatic carbocycles. The summed E-state index contributed by atoms with van der Waals surface area (Å²) in [6.07, 6.45) is -4.53. The van der Waals surface area contributed by atoms with Crippen molar-refractivity contribution in [2.45, 2.75) is 25.9 Å². The van der Waals surface area contributed by atoms with Crippen LogP contribution >= 0.6 is 0 Å². The highest BCUT2D eigenvalue weighted by molar-refractivity contribution is 5.98. The van der Waals surface area contributed by atoms with E-state index in [0.29, 0.717) is 0 Å². The van der Waals surface area contributed by atoms with Gasteiger partial charge in [0.15, 0.2) is 0 Å². The van der Waals surface area contributed by atoms with Crippen molar-refractivity contribution in [2.24, 2.45) is 0 Å². The predicted molar refractivity (Wildman–Crippen MR) is 78.0 cm³/mol. The van der Waals surface area contributed by atoms with Gasteiger partial charge in [-0.2, -0.15) is 13.2 Å². The standard InChI is InChI=1S/C16H14F3NO4/c1-7-11(14(21)22)13(12(15(23)24)8(2)20-7)9-3-5-10(6-4-9)16(17,18)19/h3-6,13,20H,1-2H3,(H,21,22)(H,23,24). The summed E-state index contributed by atoms with van der Waals surface area (Å²) in [5, 5.41) is 21.5. The number of hydrogen-bond donors (Lipinski definition) is 3. The van der Waals surface area contributed by atoms with E-state index in [1.807, 2.05) is 0 Å². The number of alkyl halides is 3. The van der Waals surface area contributed by atoms with E-state index in [9.17, 15) is 33.0 Å². The van der Waals surface area contributed by atoms with E-state index >= 15 is 0 Å². The van der Waals surface area contributed by atoms with Crippen LogP contribution in [0.2, 0.25) is 0 Å². The Morgan fingerprint density at radius 2 is 1.38 bits per heavy atom. The number of rotatable bonds is 3. The molecule has 128 valence electrons. The molecule has 1 aliphatic heterocycles. The van der Waals surface area contributed by atoms with E-state index in [0.717, 1.165) is 24.3 Å². The lowest BCUT2D eigenvalue weighted by atomic mass is 9.80. The monoisotopic (exact) mass is 341 g/mol. The quantitative estimate of drug-likeness (QED) is 0.786. The van der Waals surface area contributed by atoms with Gasteiger partial charge in [0.1, 0.15) is 0 Å². The lowest BCUT2D eigenvalue weighted by molar-refractivity contribution is -0.138. The van der Waals surface area contributed by atoms with Crippen LogP contribution in [-0.4, -0.2) is 22.2 Å². The van der Waals surface area contributed by atoms with Crippen LogP contribution in [-0.2, 0) is 15.8 Å². The number of hydrogen-bond acceptors (Lipinski definition) is 3. The van der Waals surface area contributed by atoms with Gasteiger partial charge < -0.3 is 15.5 Å². The number of aliphatic carboxylic acids is 2. The Balaban J connectivity index is 2.62. The molecule has 1 aliphatic rings. The maximum absolute atomic E-state index is 12.7. The average Bonchev–Trinajstić information content (AvgIpc) is 2.44. The molecule has 0 spiro atoms. The van der Waals surface area contributed by atoms with Gasteiger partial charge >= 0.3 is 18.1 Å². The Morgan fingerprint density at radius 3 is 1.71 bits per heavy atom. The number of allylic oxidation sites excluding steroid dienone is 2. The molecule has 0 fully saturated rings. The first-order valence-corrected chi connectivity index (χ1v) is 6.86. The highest BCUT2D eigenvalue weighted by Crippen LogP contribution is 2.39. The first-order chi connectivity index (χ1) is 11.0. The predicted octanol–water partition coefficient (Wildman–Crippen LogP) is 3.11. The zero-order valence-corrected chi connectivity index (χ0v) is 12.7. The second kappa shape index (κ2) is 6.03. The maximum atomic E-state index is 12.7. The molecule has 0 saturated heterocycles. The average molecular weight is 341 g/mol. The van der Waals surface area contributed by atoms with Gasteiger partial charge in [0.05, 0.1) is 22.6 Å². The van der Waals surface area contributed by atoms with Crippen LogP contribution in [0.3, 0.4) is 0 Å². The van der Waals surface area contributed by atoms with E-state index in [1.165, 1.54) is 13.8 Å². The fourth-order valence-corrected chi connectivity index (χ4v) is 2.76. The van der Waals surface area contributed by atoms with Crippen LogP contribution in [0.1, 0.15) is 30.9 Å². The Bertz CT molecular complexity index is 725. The number of halogens is 3. The maximum Gasteiger partial charge on any atom is 0.416 e. The van der Waals surface area contributed by atoms with Gasteiger partial charge in [-0.1, -0.05) is 12.1 Å². The summed E-state index contributed by atoms with van der Waals surface area (Å²) < 4.78 is 38.0. The van der Waals surface area contributed by atoms with Crippen molar-refractivity contribution in [2.75, 3.05) is 0 Å². The van der Waals surface area contributed by atoms with Crippen molar-refractivity contribution in [3.63, 3.8) is 0 Å². The molecule has 0 saturated carbocycles. The van der Waals surface area contributed by atoms with Gasteiger partial charge in [0.2, 0.25) is 0 Å². The minimum atomic E-state index is -4.53. The Labute approximate surface area is 135 Å². The summed E-state index contributed by atoms with van der Waals surface area (Å²) in [6.45, 7) is 2.95. The molecule has 1 aromatic rings. The molecule has 3 N–H and O–H groups in total. The van der Waals surface area contributed by atoms with Crippen LogP contribution < -0.4 is 5.32 Å². The second-order valence-corrected chi connectivity index (χ2v) is 5.37. The zero-order chi connectivity index (χ0) is 18.2. The summed E-state index contributed by atoms with van der Waals surface area (Å²) in [6, 6.07) is 3.82. The number of carbonyl (C=O) groups is 2. The third-order valence-electron chi connectivity index (χ3n) is 3.79. The molecular weight excluding hydrogens is 327 g/mol. The van der Waals surface area contributed by atoms with Gasteiger partial charge in [-0.25, -0.2) is 9.59 Å². The number of nitrogens with one attached hydrogen (secondary N) is 1. The molecule has 0 unspecified atom stereocenters. The van der Waals surface area contributed by atoms with Crippen molar-refractivity contribution in [1.29, 1.82) is 0 Å². The zero-order valence-electron chi connectivity index (χ0n) is 12.7. The van der Waals surface area contributed by atoms with Crippen LogP contribution in [0.25, 0.3) is 0 Å². The SMILES string of the molecule is CC1=C(C(=O)O)C(c2ccc(C(F)(F)F)cc2)C(C(=O)O)=C(C)N1. The Hall–Kier alpha value is -2.77. The number of carboxylic acid groups (broad SMARTS) is 2. The van der Waals surface area contributed by atoms with Gasteiger partial charge in [0, 0.05) is 11.4 Å². The number of dihydropyridines is 1. The summed E-state index contributed by atoms with van der Waals surface area (Å²) in [4.78, 5) is 23.1. The number of benzene rings is 1. The van der Waals surface area contributed by atoms with Crippen molar-refractivity contribution in [3.8, 4) is 0 Å². The topological polar surface area (TPSA) is 86.6 Å². The van der Waals surface area contributed by atoms with Crippen LogP contribution in [0.15, 0.2) is 46.8 Å². The first kappa shape index (κ1) is 17.6. The fraction of sp³-hybridized carbons (Fsp3) is 0.250. The van der Waals surface area contributed by atoms with E-state index in [4.69, 9.17) is 0 Å². The summed E-state index contributed by atoms with van der Waals surface area (Å²) in [5.41, 5.74) is -0.659. The second-order valence-electron chi connectivity index (χ2n) is 5.37. The smallest absolute Gasteiger partial charge is 0.416 e. The third-order valence-corrected chi connectivity index (χ3v) is 3.79. The highest BCUT2D eigenvalue weighted by atomic mass is 19.4. The fourth-order valence-electron chi connectivity index (χ4n) is 2.76. The molecule has 0 bridgehead atoms. The Kier molecular flexibility index (Phi) is 4.42. The molecule has 0 aromatic heterocycles. The summed E-state index contributed by atoms with van der Waals surface area (Å²) in [5.74, 6) is -3.84. The summed E-state index contributed by atoms with van der Waals surface area (Å²) >= 11 is 0. The van der Waals surface area contributed by atoms with E-state index in [2.05, 4.69) is 5.32 Å². The molecule has 24 heavy (non-hydrogen) atoms. The summed E-state index contributed by atoms with van der Waals surface area (Å²) in [7, 11) is 0. The molecule has 0 radical (unpaired) electrons. The molecule has 8 heteroatoms. The normalized spacial score (nSPS) is 16.2. The van der Waals surface area contributed by atoms with Gasteiger partial charge in [-0.3, -0.25) is 0 Å². The number of carboxylic acids is 2. The molecule has 0 amide bonds. The van der Waals surface area contributed by atoms with Gasteiger partial charge in [-0.05, 0) is 31.5 Å². The third kappa shape index (κ3) is 3.12. The van der Waals surface area contributed by atoms with Crippen LogP contribution in [0.4, 0.5) is 13.2 Å². The van der Waals surface area contributed by atoms with E-state index in [1.54, 1.807) is 0 Å². The molecule has 0 atom stereocenters. The van der Waals surface area contributed by atoms with Crippen molar-refractivity contribution >= 4 is 11.9 Å². The van der Waals surface area contributed by atoms with Crippen molar-refractivity contribution < 1.29 is 33.0 Å². The molecular formula is C16H14F3NO4. The Morgan fingerprint density at radius 1 is 0.958 bits per heavy atom. The van der Waals surface area contributed by atoms with Gasteiger partial charge in [-0.15, -0.1) is 0 Å². The molecule has 5 nitrogen and oxygen atoms in total. The minimum Gasteiger partial charge on any atom is -0.478 e. The molecule has 0 aliphatic carbocycles. The lowest BCUT2D eigenvalue weighted by Gasteiger charge is -2.28. The molecule has 1 heterocycles. The van der Waals surface area contributed by atoms with Crippen molar-refractivity contribution in [1.82, 2.24) is 5.32 Å².